The van der Waals surface area contributed by atoms with Crippen LogP contribution >= 0.6 is 34.9 Å². The minimum atomic E-state index is -0.366. The van der Waals surface area contributed by atoms with Gasteiger partial charge in [-0.25, -0.2) is 0 Å². The largest absolute Gasteiger partial charge is 0.325 e. The zero-order valence-electron chi connectivity index (χ0n) is 14.2. The molecule has 0 radical (unpaired) electrons. The van der Waals surface area contributed by atoms with E-state index >= 15 is 0 Å². The number of rotatable bonds is 8. The van der Waals surface area contributed by atoms with Crippen molar-refractivity contribution in [2.24, 2.45) is 0 Å². The predicted molar refractivity (Wildman–Crippen MR) is 107 cm³/mol. The highest BCUT2D eigenvalue weighted by Crippen LogP contribution is 2.25. The van der Waals surface area contributed by atoms with E-state index in [1.165, 1.54) is 23.1 Å². The van der Waals surface area contributed by atoms with Gasteiger partial charge in [0, 0.05) is 5.69 Å². The molecule has 1 aromatic carbocycles. The van der Waals surface area contributed by atoms with Crippen molar-refractivity contribution in [1.29, 1.82) is 0 Å². The molecule has 0 saturated heterocycles. The van der Waals surface area contributed by atoms with Crippen LogP contribution in [-0.4, -0.2) is 38.8 Å². The molecule has 25 heavy (non-hydrogen) atoms. The number of thioether (sulfide) groups is 2. The Morgan fingerprint density at radius 3 is 2.60 bits per heavy atom. The Morgan fingerprint density at radius 2 is 1.92 bits per heavy atom. The van der Waals surface area contributed by atoms with Gasteiger partial charge in [-0.05, 0) is 31.7 Å². The SMILES string of the molecule is CCSc1nnc(NC(=O)[C@H](C)SCC(=O)Nc2ccc(C)cc2)s1. The summed E-state index contributed by atoms with van der Waals surface area (Å²) in [7, 11) is 0. The van der Waals surface area contributed by atoms with Crippen molar-refractivity contribution in [2.75, 3.05) is 22.1 Å². The first-order chi connectivity index (χ1) is 12.0. The molecule has 2 rings (SSSR count). The number of nitrogens with zero attached hydrogens (tertiary/aromatic N) is 2. The lowest BCUT2D eigenvalue weighted by molar-refractivity contribution is -0.115. The molecule has 0 aliphatic carbocycles. The molecule has 0 spiro atoms. The monoisotopic (exact) mass is 396 g/mol. The Kier molecular flexibility index (Phi) is 7.73. The van der Waals surface area contributed by atoms with Crippen LogP contribution in [0.5, 0.6) is 0 Å². The van der Waals surface area contributed by atoms with Crippen LogP contribution in [0.2, 0.25) is 0 Å². The Morgan fingerprint density at radius 1 is 1.20 bits per heavy atom. The summed E-state index contributed by atoms with van der Waals surface area (Å²) < 4.78 is 0.829. The maximum Gasteiger partial charge on any atom is 0.239 e. The van der Waals surface area contributed by atoms with Gasteiger partial charge in [0.25, 0.3) is 0 Å². The molecule has 0 bridgehead atoms. The number of carbonyl (C=O) groups excluding carboxylic acids is 2. The van der Waals surface area contributed by atoms with Gasteiger partial charge in [-0.3, -0.25) is 14.9 Å². The molecule has 9 heteroatoms. The molecule has 1 heterocycles. The number of amides is 2. The van der Waals surface area contributed by atoms with Crippen LogP contribution in [0.4, 0.5) is 10.8 Å². The normalized spacial score (nSPS) is 11.8. The Hall–Kier alpha value is -1.58. The van der Waals surface area contributed by atoms with Crippen molar-refractivity contribution in [1.82, 2.24) is 10.2 Å². The van der Waals surface area contributed by atoms with Crippen molar-refractivity contribution < 1.29 is 9.59 Å². The van der Waals surface area contributed by atoms with E-state index in [4.69, 9.17) is 0 Å². The summed E-state index contributed by atoms with van der Waals surface area (Å²) in [6.07, 6.45) is 0. The number of anilines is 2. The van der Waals surface area contributed by atoms with Gasteiger partial charge in [-0.1, -0.05) is 47.7 Å². The minimum Gasteiger partial charge on any atom is -0.325 e. The molecular weight excluding hydrogens is 376 g/mol. The van der Waals surface area contributed by atoms with Crippen molar-refractivity contribution in [3.8, 4) is 0 Å². The van der Waals surface area contributed by atoms with Crippen LogP contribution in [0.1, 0.15) is 19.4 Å². The highest BCUT2D eigenvalue weighted by molar-refractivity contribution is 8.01. The zero-order chi connectivity index (χ0) is 18.2. The average Bonchev–Trinajstić information content (AvgIpc) is 3.02. The van der Waals surface area contributed by atoms with Gasteiger partial charge in [0.2, 0.25) is 16.9 Å². The van der Waals surface area contributed by atoms with Crippen LogP contribution < -0.4 is 10.6 Å². The van der Waals surface area contributed by atoms with Gasteiger partial charge in [0.05, 0.1) is 11.0 Å². The smallest absolute Gasteiger partial charge is 0.239 e. The summed E-state index contributed by atoms with van der Waals surface area (Å²) in [5.41, 5.74) is 1.89. The molecule has 1 atom stereocenters. The topological polar surface area (TPSA) is 84.0 Å². The Labute approximate surface area is 159 Å². The third-order valence-electron chi connectivity index (χ3n) is 3.07. The number of carbonyl (C=O) groups is 2. The summed E-state index contributed by atoms with van der Waals surface area (Å²) in [4.78, 5) is 24.1. The standard InChI is InChI=1S/C16H20N4O2S3/c1-4-23-16-20-19-15(25-16)18-14(22)11(3)24-9-13(21)17-12-7-5-10(2)6-8-12/h5-8,11H,4,9H2,1-3H3,(H,17,21)(H,18,19,22)/t11-/m0/s1. The van der Waals surface area contributed by atoms with E-state index < -0.39 is 0 Å². The number of hydrogen-bond donors (Lipinski definition) is 2. The molecule has 134 valence electrons. The van der Waals surface area contributed by atoms with E-state index in [9.17, 15) is 9.59 Å². The first-order valence-corrected chi connectivity index (χ1v) is 10.6. The lowest BCUT2D eigenvalue weighted by atomic mass is 10.2. The molecule has 2 amide bonds. The fourth-order valence-corrected chi connectivity index (χ4v) is 4.10. The van der Waals surface area contributed by atoms with Crippen LogP contribution in [-0.2, 0) is 9.59 Å². The molecule has 0 saturated carbocycles. The van der Waals surface area contributed by atoms with E-state index in [0.29, 0.717) is 5.13 Å². The Balaban J connectivity index is 1.76. The van der Waals surface area contributed by atoms with Crippen LogP contribution in [0.25, 0.3) is 0 Å². The molecular formula is C16H20N4O2S3. The van der Waals surface area contributed by atoms with E-state index in [1.54, 1.807) is 18.7 Å². The second-order valence-corrected chi connectivity index (χ2v) is 8.98. The average molecular weight is 397 g/mol. The second kappa shape index (κ2) is 9.79. The van der Waals surface area contributed by atoms with Crippen molar-refractivity contribution in [3.63, 3.8) is 0 Å². The number of aryl methyl sites for hydroxylation is 1. The fourth-order valence-electron chi connectivity index (χ4n) is 1.76. The van der Waals surface area contributed by atoms with Gasteiger partial charge in [0.15, 0.2) is 4.34 Å². The van der Waals surface area contributed by atoms with Gasteiger partial charge >= 0.3 is 0 Å². The maximum atomic E-state index is 12.2. The number of hydrogen-bond acceptors (Lipinski definition) is 7. The Bertz CT molecular complexity index is 718. The van der Waals surface area contributed by atoms with Crippen LogP contribution in [0.15, 0.2) is 28.6 Å². The minimum absolute atomic E-state index is 0.133. The van der Waals surface area contributed by atoms with Crippen molar-refractivity contribution >= 4 is 57.5 Å². The third kappa shape index (κ3) is 6.68. The molecule has 2 aromatic rings. The summed E-state index contributed by atoms with van der Waals surface area (Å²) in [5, 5.41) is 13.6. The van der Waals surface area contributed by atoms with Gasteiger partial charge in [-0.2, -0.15) is 0 Å². The molecule has 0 aliphatic rings. The summed E-state index contributed by atoms with van der Waals surface area (Å²) in [5.74, 6) is 0.795. The van der Waals surface area contributed by atoms with E-state index in [2.05, 4.69) is 20.8 Å². The quantitative estimate of drug-likeness (QED) is 0.523. The van der Waals surface area contributed by atoms with E-state index in [0.717, 1.165) is 21.3 Å². The van der Waals surface area contributed by atoms with Crippen molar-refractivity contribution in [3.05, 3.63) is 29.8 Å². The van der Waals surface area contributed by atoms with Crippen LogP contribution in [0.3, 0.4) is 0 Å². The lowest BCUT2D eigenvalue weighted by Crippen LogP contribution is -2.25. The number of aromatic nitrogens is 2. The second-order valence-electron chi connectivity index (χ2n) is 5.16. The third-order valence-corrected chi connectivity index (χ3v) is 6.07. The molecule has 0 unspecified atom stereocenters. The summed E-state index contributed by atoms with van der Waals surface area (Å²) >= 11 is 4.21. The molecule has 2 N–H and O–H groups in total. The zero-order valence-corrected chi connectivity index (χ0v) is 16.7. The summed E-state index contributed by atoms with van der Waals surface area (Å²) in [6.45, 7) is 5.79. The van der Waals surface area contributed by atoms with Crippen LogP contribution in [0, 0.1) is 6.92 Å². The number of benzene rings is 1. The first-order valence-electron chi connectivity index (χ1n) is 7.73. The maximum absolute atomic E-state index is 12.2. The molecule has 0 aliphatic heterocycles. The first kappa shape index (κ1) is 19.7. The summed E-state index contributed by atoms with van der Waals surface area (Å²) in [6, 6.07) is 7.59. The lowest BCUT2D eigenvalue weighted by Gasteiger charge is -2.10. The molecule has 1 aromatic heterocycles. The van der Waals surface area contributed by atoms with Crippen molar-refractivity contribution in [2.45, 2.75) is 30.4 Å². The van der Waals surface area contributed by atoms with E-state index in [1.807, 2.05) is 38.1 Å². The van der Waals surface area contributed by atoms with Gasteiger partial charge < -0.3 is 5.32 Å². The van der Waals surface area contributed by atoms with Gasteiger partial charge in [-0.15, -0.1) is 22.0 Å². The molecule has 0 fully saturated rings. The molecule has 6 nitrogen and oxygen atoms in total. The highest BCUT2D eigenvalue weighted by atomic mass is 32.2. The van der Waals surface area contributed by atoms with Gasteiger partial charge in [0.1, 0.15) is 0 Å². The predicted octanol–water partition coefficient (Wildman–Crippen LogP) is 3.66. The highest BCUT2D eigenvalue weighted by Gasteiger charge is 2.17. The number of nitrogens with one attached hydrogen (secondary N) is 2. The van der Waals surface area contributed by atoms with E-state index in [-0.39, 0.29) is 22.8 Å². The fraction of sp³-hybridized carbons (Fsp3) is 0.375.